The van der Waals surface area contributed by atoms with Crippen LogP contribution in [-0.4, -0.2) is 23.0 Å². The van der Waals surface area contributed by atoms with Crippen LogP contribution < -0.4 is 4.74 Å². The van der Waals surface area contributed by atoms with E-state index in [4.69, 9.17) is 4.74 Å². The molecule has 1 aromatic heterocycles. The molecule has 0 aliphatic rings. The standard InChI is InChI=1S/C12H8BrFN2O3/c1-18-12(17)9-5-16-11(6-15-9)19-10-4-7(13)2-3-8(10)14/h2-6H,1H3. The van der Waals surface area contributed by atoms with E-state index in [1.807, 2.05) is 0 Å². The van der Waals surface area contributed by atoms with Gasteiger partial charge in [0.05, 0.1) is 19.5 Å². The second kappa shape index (κ2) is 5.75. The van der Waals surface area contributed by atoms with Gasteiger partial charge < -0.3 is 9.47 Å². The molecule has 0 aliphatic heterocycles. The van der Waals surface area contributed by atoms with Crippen molar-refractivity contribution in [3.8, 4) is 11.6 Å². The third-order valence-electron chi connectivity index (χ3n) is 2.13. The molecule has 98 valence electrons. The van der Waals surface area contributed by atoms with Crippen LogP contribution in [0.15, 0.2) is 35.1 Å². The fourth-order valence-electron chi connectivity index (χ4n) is 1.25. The van der Waals surface area contributed by atoms with E-state index in [0.717, 1.165) is 0 Å². The molecule has 0 unspecified atom stereocenters. The summed E-state index contributed by atoms with van der Waals surface area (Å²) in [5.74, 6) is -1.05. The normalized spacial score (nSPS) is 10.1. The van der Waals surface area contributed by atoms with Gasteiger partial charge in [0.25, 0.3) is 0 Å². The predicted octanol–water partition coefficient (Wildman–Crippen LogP) is 2.96. The van der Waals surface area contributed by atoms with Crippen LogP contribution in [-0.2, 0) is 4.74 Å². The molecule has 5 nitrogen and oxygen atoms in total. The number of rotatable bonds is 3. The lowest BCUT2D eigenvalue weighted by Crippen LogP contribution is -2.05. The van der Waals surface area contributed by atoms with Crippen LogP contribution in [0.3, 0.4) is 0 Å². The Balaban J connectivity index is 2.19. The zero-order chi connectivity index (χ0) is 13.8. The number of ether oxygens (including phenoxy) is 2. The molecule has 0 N–H and O–H groups in total. The highest BCUT2D eigenvalue weighted by atomic mass is 79.9. The third kappa shape index (κ3) is 3.25. The van der Waals surface area contributed by atoms with Gasteiger partial charge in [-0.3, -0.25) is 0 Å². The van der Waals surface area contributed by atoms with Crippen LogP contribution in [0.1, 0.15) is 10.5 Å². The highest BCUT2D eigenvalue weighted by molar-refractivity contribution is 9.10. The molecule has 0 amide bonds. The summed E-state index contributed by atoms with van der Waals surface area (Å²) < 4.78 is 23.8. The number of hydrogen-bond acceptors (Lipinski definition) is 5. The van der Waals surface area contributed by atoms with E-state index < -0.39 is 11.8 Å². The number of nitrogens with zero attached hydrogens (tertiary/aromatic N) is 2. The second-order valence-corrected chi connectivity index (χ2v) is 4.32. The van der Waals surface area contributed by atoms with E-state index in [0.29, 0.717) is 4.47 Å². The highest BCUT2D eigenvalue weighted by Gasteiger charge is 2.10. The predicted molar refractivity (Wildman–Crippen MR) is 67.5 cm³/mol. The summed E-state index contributed by atoms with van der Waals surface area (Å²) in [6.07, 6.45) is 2.41. The highest BCUT2D eigenvalue weighted by Crippen LogP contribution is 2.26. The van der Waals surface area contributed by atoms with Gasteiger partial charge in [-0.25, -0.2) is 19.2 Å². The molecule has 0 bridgehead atoms. The average Bonchev–Trinajstić information content (AvgIpc) is 2.43. The molecule has 1 heterocycles. The number of benzene rings is 1. The minimum absolute atomic E-state index is 0.00879. The van der Waals surface area contributed by atoms with Crippen LogP contribution in [0.4, 0.5) is 4.39 Å². The van der Waals surface area contributed by atoms with Crippen molar-refractivity contribution in [3.05, 3.63) is 46.6 Å². The Labute approximate surface area is 116 Å². The smallest absolute Gasteiger partial charge is 0.358 e. The van der Waals surface area contributed by atoms with Crippen molar-refractivity contribution in [1.82, 2.24) is 9.97 Å². The number of aromatic nitrogens is 2. The van der Waals surface area contributed by atoms with Crippen LogP contribution >= 0.6 is 15.9 Å². The minimum atomic E-state index is -0.604. The number of carbonyl (C=O) groups is 1. The Morgan fingerprint density at radius 2 is 2.11 bits per heavy atom. The summed E-state index contributed by atoms with van der Waals surface area (Å²) in [4.78, 5) is 18.8. The van der Waals surface area contributed by atoms with Gasteiger partial charge in [-0.15, -0.1) is 0 Å². The Kier molecular flexibility index (Phi) is 4.06. The molecule has 0 fully saturated rings. The summed E-state index contributed by atoms with van der Waals surface area (Å²) in [5.41, 5.74) is 0.0459. The maximum absolute atomic E-state index is 13.4. The zero-order valence-electron chi connectivity index (χ0n) is 9.76. The lowest BCUT2D eigenvalue weighted by atomic mass is 10.3. The topological polar surface area (TPSA) is 61.3 Å². The van der Waals surface area contributed by atoms with Gasteiger partial charge in [-0.2, -0.15) is 0 Å². The Bertz CT molecular complexity index is 604. The first kappa shape index (κ1) is 13.4. The minimum Gasteiger partial charge on any atom is -0.464 e. The maximum atomic E-state index is 13.4. The molecule has 0 radical (unpaired) electrons. The van der Waals surface area contributed by atoms with E-state index in [9.17, 15) is 9.18 Å². The molecule has 19 heavy (non-hydrogen) atoms. The van der Waals surface area contributed by atoms with Crippen molar-refractivity contribution in [2.45, 2.75) is 0 Å². The van der Waals surface area contributed by atoms with Crippen molar-refractivity contribution >= 4 is 21.9 Å². The zero-order valence-corrected chi connectivity index (χ0v) is 11.3. The second-order valence-electron chi connectivity index (χ2n) is 3.41. The monoisotopic (exact) mass is 326 g/mol. The van der Waals surface area contributed by atoms with Crippen molar-refractivity contribution in [2.24, 2.45) is 0 Å². The molecule has 0 saturated heterocycles. The number of halogens is 2. The van der Waals surface area contributed by atoms with Crippen LogP contribution in [0, 0.1) is 5.82 Å². The van der Waals surface area contributed by atoms with E-state index >= 15 is 0 Å². The molecule has 1 aromatic carbocycles. The summed E-state index contributed by atoms with van der Waals surface area (Å²) in [6, 6.07) is 4.27. The van der Waals surface area contributed by atoms with E-state index in [1.165, 1.54) is 31.6 Å². The molecule has 0 aliphatic carbocycles. The van der Waals surface area contributed by atoms with Gasteiger partial charge in [0.1, 0.15) is 0 Å². The van der Waals surface area contributed by atoms with E-state index in [2.05, 4.69) is 30.6 Å². The van der Waals surface area contributed by atoms with E-state index in [1.54, 1.807) is 6.07 Å². The third-order valence-corrected chi connectivity index (χ3v) is 2.62. The van der Waals surface area contributed by atoms with Crippen LogP contribution in [0.5, 0.6) is 11.6 Å². The summed E-state index contributed by atoms with van der Waals surface area (Å²) in [5, 5.41) is 0. The van der Waals surface area contributed by atoms with E-state index in [-0.39, 0.29) is 17.3 Å². The Morgan fingerprint density at radius 1 is 1.32 bits per heavy atom. The lowest BCUT2D eigenvalue weighted by molar-refractivity contribution is 0.0593. The fraction of sp³-hybridized carbons (Fsp3) is 0.0833. The summed E-state index contributed by atoms with van der Waals surface area (Å²) in [6.45, 7) is 0. The number of methoxy groups -OCH3 is 1. The number of esters is 1. The first-order chi connectivity index (χ1) is 9.10. The summed E-state index contributed by atoms with van der Waals surface area (Å²) >= 11 is 3.21. The average molecular weight is 327 g/mol. The van der Waals surface area contributed by atoms with Crippen molar-refractivity contribution in [1.29, 1.82) is 0 Å². The quantitative estimate of drug-likeness (QED) is 0.811. The molecule has 0 atom stereocenters. The fourth-order valence-corrected chi connectivity index (χ4v) is 1.59. The first-order valence-corrected chi connectivity index (χ1v) is 5.92. The van der Waals surface area contributed by atoms with Gasteiger partial charge >= 0.3 is 5.97 Å². The molecular weight excluding hydrogens is 319 g/mol. The Hall–Kier alpha value is -2.02. The molecule has 7 heteroatoms. The van der Waals surface area contributed by atoms with Gasteiger partial charge in [-0.05, 0) is 18.2 Å². The first-order valence-electron chi connectivity index (χ1n) is 5.13. The van der Waals surface area contributed by atoms with Gasteiger partial charge in [0.2, 0.25) is 5.88 Å². The van der Waals surface area contributed by atoms with Crippen LogP contribution in [0.25, 0.3) is 0 Å². The molecule has 0 spiro atoms. The number of hydrogen-bond donors (Lipinski definition) is 0. The SMILES string of the molecule is COC(=O)c1cnc(Oc2cc(Br)ccc2F)cn1. The molecule has 0 saturated carbocycles. The van der Waals surface area contributed by atoms with Gasteiger partial charge in [0, 0.05) is 4.47 Å². The molecule has 2 aromatic rings. The van der Waals surface area contributed by atoms with Crippen molar-refractivity contribution in [2.75, 3.05) is 7.11 Å². The molecular formula is C12H8BrFN2O3. The molecule has 2 rings (SSSR count). The van der Waals surface area contributed by atoms with Gasteiger partial charge in [-0.1, -0.05) is 15.9 Å². The maximum Gasteiger partial charge on any atom is 0.358 e. The van der Waals surface area contributed by atoms with Crippen molar-refractivity contribution < 1.29 is 18.7 Å². The van der Waals surface area contributed by atoms with Gasteiger partial charge in [0.15, 0.2) is 17.3 Å². The number of carbonyl (C=O) groups excluding carboxylic acids is 1. The Morgan fingerprint density at radius 3 is 2.74 bits per heavy atom. The largest absolute Gasteiger partial charge is 0.464 e. The summed E-state index contributed by atoms with van der Waals surface area (Å²) in [7, 11) is 1.24. The lowest BCUT2D eigenvalue weighted by Gasteiger charge is -2.06. The van der Waals surface area contributed by atoms with Crippen molar-refractivity contribution in [3.63, 3.8) is 0 Å². The van der Waals surface area contributed by atoms with Crippen LogP contribution in [0.2, 0.25) is 0 Å².